The lowest BCUT2D eigenvalue weighted by Gasteiger charge is -2.09. The quantitative estimate of drug-likeness (QED) is 0.757. The minimum atomic E-state index is -1.09. The van der Waals surface area contributed by atoms with Gasteiger partial charge in [0.2, 0.25) is 0 Å². The molecule has 2 nitrogen and oxygen atoms in total. The molecule has 4 heteroatoms. The summed E-state index contributed by atoms with van der Waals surface area (Å²) in [5.74, 6) is -0.108. The van der Waals surface area contributed by atoms with Gasteiger partial charge in [0.05, 0.1) is 0 Å². The van der Waals surface area contributed by atoms with E-state index in [1.165, 1.54) is 18.2 Å². The minimum absolute atomic E-state index is 0.292. The van der Waals surface area contributed by atoms with Crippen molar-refractivity contribution >= 4 is 22.6 Å². The van der Waals surface area contributed by atoms with E-state index in [0.717, 1.165) is 5.39 Å². The molecule has 0 radical (unpaired) electrons. The van der Waals surface area contributed by atoms with E-state index in [4.69, 9.17) is 16.0 Å². The largest absolute Gasteiger partial charge is 0.458 e. The minimum Gasteiger partial charge on any atom is -0.458 e. The number of rotatable bonds is 2. The van der Waals surface area contributed by atoms with E-state index >= 15 is 0 Å². The normalized spacial score (nSPS) is 12.8. The zero-order chi connectivity index (χ0) is 13.4. The number of aliphatic hydroxyl groups excluding tert-OH is 1. The molecule has 0 aliphatic rings. The molecule has 19 heavy (non-hydrogen) atoms. The molecule has 0 amide bonds. The highest BCUT2D eigenvalue weighted by Gasteiger charge is 2.18. The number of benzene rings is 2. The molecule has 2 aromatic carbocycles. The first-order valence-electron chi connectivity index (χ1n) is 5.76. The van der Waals surface area contributed by atoms with Gasteiger partial charge in [0.25, 0.3) is 0 Å². The second kappa shape index (κ2) is 4.68. The Morgan fingerprint density at radius 2 is 1.89 bits per heavy atom. The van der Waals surface area contributed by atoms with Gasteiger partial charge in [0.1, 0.15) is 23.3 Å². The molecule has 0 saturated carbocycles. The van der Waals surface area contributed by atoms with Crippen LogP contribution in [-0.2, 0) is 0 Å². The van der Waals surface area contributed by atoms with E-state index in [2.05, 4.69) is 0 Å². The van der Waals surface area contributed by atoms with Crippen LogP contribution in [-0.4, -0.2) is 5.11 Å². The van der Waals surface area contributed by atoms with Crippen molar-refractivity contribution in [3.8, 4) is 0 Å². The summed E-state index contributed by atoms with van der Waals surface area (Å²) in [5, 5.41) is 11.4. The number of para-hydroxylation sites is 1. The van der Waals surface area contributed by atoms with Gasteiger partial charge in [-0.3, -0.25) is 0 Å². The molecule has 1 atom stereocenters. The van der Waals surface area contributed by atoms with Crippen LogP contribution in [0.4, 0.5) is 4.39 Å². The molecule has 1 heterocycles. The lowest BCUT2D eigenvalue weighted by Crippen LogP contribution is -1.99. The third-order valence-corrected chi connectivity index (χ3v) is 3.31. The number of furan rings is 1. The monoisotopic (exact) mass is 276 g/mol. The SMILES string of the molecule is OC(c1cc2ccccc2o1)c1cc(F)ccc1Cl. The highest BCUT2D eigenvalue weighted by Crippen LogP contribution is 2.32. The topological polar surface area (TPSA) is 33.4 Å². The lowest BCUT2D eigenvalue weighted by atomic mass is 10.1. The fourth-order valence-electron chi connectivity index (χ4n) is 2.01. The van der Waals surface area contributed by atoms with E-state index in [9.17, 15) is 9.50 Å². The average Bonchev–Trinajstić information content (AvgIpc) is 2.84. The van der Waals surface area contributed by atoms with Crippen molar-refractivity contribution < 1.29 is 13.9 Å². The van der Waals surface area contributed by atoms with E-state index in [-0.39, 0.29) is 0 Å². The van der Waals surface area contributed by atoms with Crippen LogP contribution in [0.2, 0.25) is 5.02 Å². The Bertz CT molecular complexity index is 703. The van der Waals surface area contributed by atoms with Crippen molar-refractivity contribution in [2.45, 2.75) is 6.10 Å². The van der Waals surface area contributed by atoms with Crippen LogP contribution < -0.4 is 0 Å². The maximum atomic E-state index is 13.2. The predicted molar refractivity (Wildman–Crippen MR) is 71.7 cm³/mol. The molecule has 3 rings (SSSR count). The molecule has 3 aromatic rings. The molecular formula is C15H10ClFO2. The number of halogens is 2. The van der Waals surface area contributed by atoms with Crippen molar-refractivity contribution in [1.29, 1.82) is 0 Å². The predicted octanol–water partition coefficient (Wildman–Crippen LogP) is 4.31. The Morgan fingerprint density at radius 3 is 2.68 bits per heavy atom. The lowest BCUT2D eigenvalue weighted by molar-refractivity contribution is 0.192. The molecule has 0 fully saturated rings. The van der Waals surface area contributed by atoms with Gasteiger partial charge in [-0.2, -0.15) is 0 Å². The Morgan fingerprint density at radius 1 is 1.11 bits per heavy atom. The standard InChI is InChI=1S/C15H10ClFO2/c16-12-6-5-10(17)8-11(12)15(18)14-7-9-3-1-2-4-13(9)19-14/h1-8,15,18H. The summed E-state index contributed by atoms with van der Waals surface area (Å²) < 4.78 is 18.8. The van der Waals surface area contributed by atoms with E-state index in [1.807, 2.05) is 18.2 Å². The number of fused-ring (bicyclic) bond motifs is 1. The van der Waals surface area contributed by atoms with Gasteiger partial charge in [0, 0.05) is 16.0 Å². The van der Waals surface area contributed by atoms with Gasteiger partial charge >= 0.3 is 0 Å². The number of hydrogen-bond acceptors (Lipinski definition) is 2. The van der Waals surface area contributed by atoms with Crippen LogP contribution in [0.25, 0.3) is 11.0 Å². The molecule has 0 bridgehead atoms. The maximum absolute atomic E-state index is 13.2. The van der Waals surface area contributed by atoms with Crippen molar-refractivity contribution in [3.05, 3.63) is 70.7 Å². The summed E-state index contributed by atoms with van der Waals surface area (Å²) in [6.07, 6.45) is -1.09. The summed E-state index contributed by atoms with van der Waals surface area (Å²) >= 11 is 5.97. The second-order valence-electron chi connectivity index (χ2n) is 4.25. The van der Waals surface area contributed by atoms with Gasteiger partial charge in [-0.15, -0.1) is 0 Å². The van der Waals surface area contributed by atoms with Gasteiger partial charge in [0.15, 0.2) is 0 Å². The molecule has 1 N–H and O–H groups in total. The molecule has 0 aliphatic heterocycles. The first kappa shape index (κ1) is 12.2. The first-order chi connectivity index (χ1) is 9.15. The molecule has 1 aromatic heterocycles. The van der Waals surface area contributed by atoms with Gasteiger partial charge in [-0.25, -0.2) is 4.39 Å². The van der Waals surface area contributed by atoms with Crippen LogP contribution in [0.5, 0.6) is 0 Å². The third-order valence-electron chi connectivity index (χ3n) is 2.97. The van der Waals surface area contributed by atoms with Gasteiger partial charge in [-0.05, 0) is 30.3 Å². The average molecular weight is 277 g/mol. The van der Waals surface area contributed by atoms with Crippen LogP contribution in [0.1, 0.15) is 17.4 Å². The second-order valence-corrected chi connectivity index (χ2v) is 4.66. The summed E-state index contributed by atoms with van der Waals surface area (Å²) in [4.78, 5) is 0. The van der Waals surface area contributed by atoms with Gasteiger partial charge in [-0.1, -0.05) is 29.8 Å². The Labute approximate surface area is 114 Å². The highest BCUT2D eigenvalue weighted by molar-refractivity contribution is 6.31. The zero-order valence-corrected chi connectivity index (χ0v) is 10.6. The van der Waals surface area contributed by atoms with Crippen molar-refractivity contribution in [3.63, 3.8) is 0 Å². The fourth-order valence-corrected chi connectivity index (χ4v) is 2.24. The molecule has 0 aliphatic carbocycles. The maximum Gasteiger partial charge on any atom is 0.138 e. The molecule has 1 unspecified atom stereocenters. The van der Waals surface area contributed by atoms with Crippen LogP contribution in [0, 0.1) is 5.82 Å². The number of hydrogen-bond donors (Lipinski definition) is 1. The smallest absolute Gasteiger partial charge is 0.138 e. The summed E-state index contributed by atoms with van der Waals surface area (Å²) in [5.41, 5.74) is 0.963. The molecule has 0 saturated heterocycles. The van der Waals surface area contributed by atoms with E-state index < -0.39 is 11.9 Å². The fraction of sp³-hybridized carbons (Fsp3) is 0.0667. The summed E-state index contributed by atoms with van der Waals surface area (Å²) in [6.45, 7) is 0. The molecule has 0 spiro atoms. The van der Waals surface area contributed by atoms with Crippen molar-refractivity contribution in [1.82, 2.24) is 0 Å². The Kier molecular flexibility index (Phi) is 3.01. The molecular weight excluding hydrogens is 267 g/mol. The zero-order valence-electron chi connectivity index (χ0n) is 9.81. The third kappa shape index (κ3) is 2.23. The van der Waals surface area contributed by atoms with Crippen molar-refractivity contribution in [2.75, 3.05) is 0 Å². The summed E-state index contributed by atoms with van der Waals surface area (Å²) in [6, 6.07) is 13.0. The first-order valence-corrected chi connectivity index (χ1v) is 6.14. The molecule has 96 valence electrons. The van der Waals surface area contributed by atoms with E-state index in [0.29, 0.717) is 21.9 Å². The van der Waals surface area contributed by atoms with Crippen LogP contribution >= 0.6 is 11.6 Å². The highest BCUT2D eigenvalue weighted by atomic mass is 35.5. The van der Waals surface area contributed by atoms with Crippen LogP contribution in [0.3, 0.4) is 0 Å². The van der Waals surface area contributed by atoms with Crippen LogP contribution in [0.15, 0.2) is 52.9 Å². The summed E-state index contributed by atoms with van der Waals surface area (Å²) in [7, 11) is 0. The van der Waals surface area contributed by atoms with Crippen molar-refractivity contribution in [2.24, 2.45) is 0 Å². The Balaban J connectivity index is 2.07. The van der Waals surface area contributed by atoms with E-state index in [1.54, 1.807) is 12.1 Å². The van der Waals surface area contributed by atoms with Gasteiger partial charge < -0.3 is 9.52 Å². The number of aliphatic hydroxyl groups is 1. The Hall–Kier alpha value is -1.84.